The van der Waals surface area contributed by atoms with Crippen molar-refractivity contribution in [3.8, 4) is 11.5 Å². The van der Waals surface area contributed by atoms with E-state index in [4.69, 9.17) is 9.47 Å². The number of quaternary nitrogens is 1. The highest BCUT2D eigenvalue weighted by Gasteiger charge is 2.32. The number of carbonyl (C=O) groups excluding carboxylic acids is 1. The van der Waals surface area contributed by atoms with Gasteiger partial charge in [0.2, 0.25) is 5.78 Å². The average Bonchev–Trinajstić information content (AvgIpc) is 3.02. The number of nitrogens with one attached hydrogen (secondary N) is 1. The van der Waals surface area contributed by atoms with Crippen molar-refractivity contribution in [3.63, 3.8) is 0 Å². The van der Waals surface area contributed by atoms with Crippen LogP contribution >= 0.6 is 0 Å². The largest absolute Gasteiger partial charge is 0.507 e. The zero-order chi connectivity index (χ0) is 18.6. The van der Waals surface area contributed by atoms with Crippen molar-refractivity contribution in [2.45, 2.75) is 6.54 Å². The number of phenolic OH excluding ortho intramolecular Hbond substituents is 1. The maximum Gasteiger partial charge on any atom is 0.231 e. The molecule has 5 nitrogen and oxygen atoms in total. The molecule has 0 saturated carbocycles. The average molecular weight is 364 g/mol. The standard InChI is InChI=1S/C22H21NO4/c24-19-10-9-17-21(25)20(8-4-7-16-5-2-1-3-6-16)27-22(17)18(19)15-23-11-13-26-14-12-23/h1-10,24H,11-15H2/p+1/b7-4+,20-8+. The molecular weight excluding hydrogens is 342 g/mol. The number of ketones is 1. The highest BCUT2D eigenvalue weighted by molar-refractivity contribution is 6.12. The van der Waals surface area contributed by atoms with Crippen LogP contribution in [0.3, 0.4) is 0 Å². The first kappa shape index (κ1) is 17.5. The van der Waals surface area contributed by atoms with Crippen LogP contribution in [0.4, 0.5) is 0 Å². The van der Waals surface area contributed by atoms with Crippen molar-refractivity contribution in [2.75, 3.05) is 26.3 Å². The summed E-state index contributed by atoms with van der Waals surface area (Å²) in [7, 11) is 0. The monoisotopic (exact) mass is 364 g/mol. The molecule has 0 unspecified atom stereocenters. The second-order valence-corrected chi connectivity index (χ2v) is 6.71. The minimum absolute atomic E-state index is 0.152. The van der Waals surface area contributed by atoms with Gasteiger partial charge < -0.3 is 19.5 Å². The second-order valence-electron chi connectivity index (χ2n) is 6.71. The van der Waals surface area contributed by atoms with Gasteiger partial charge in [-0.1, -0.05) is 42.5 Å². The third kappa shape index (κ3) is 3.79. The van der Waals surface area contributed by atoms with Gasteiger partial charge in [-0.15, -0.1) is 0 Å². The lowest BCUT2D eigenvalue weighted by molar-refractivity contribution is -0.921. The first-order valence-electron chi connectivity index (χ1n) is 9.14. The van der Waals surface area contributed by atoms with E-state index in [0.29, 0.717) is 36.6 Å². The smallest absolute Gasteiger partial charge is 0.231 e. The number of rotatable bonds is 4. The van der Waals surface area contributed by atoms with E-state index in [1.165, 1.54) is 4.90 Å². The van der Waals surface area contributed by atoms with Gasteiger partial charge >= 0.3 is 0 Å². The second kappa shape index (κ2) is 7.78. The minimum atomic E-state index is -0.152. The zero-order valence-corrected chi connectivity index (χ0v) is 15.0. The Kier molecular flexibility index (Phi) is 5.05. The predicted molar refractivity (Wildman–Crippen MR) is 102 cm³/mol. The number of aromatic hydroxyl groups is 1. The van der Waals surface area contributed by atoms with E-state index in [2.05, 4.69) is 0 Å². The number of allylic oxidation sites excluding steroid dienone is 3. The number of Topliss-reactive ketones (excluding diaryl/α,β-unsaturated/α-hetero) is 1. The molecule has 27 heavy (non-hydrogen) atoms. The quantitative estimate of drug-likeness (QED) is 0.815. The molecule has 2 aromatic rings. The molecule has 4 rings (SSSR count). The SMILES string of the molecule is O=C1/C(=C\C=C\c2ccccc2)Oc2c1ccc(O)c2C[NH+]1CCOCC1. The molecule has 5 heteroatoms. The molecule has 0 spiro atoms. The fourth-order valence-electron chi connectivity index (χ4n) is 3.38. The summed E-state index contributed by atoms with van der Waals surface area (Å²) in [5, 5.41) is 10.3. The van der Waals surface area contributed by atoms with E-state index in [9.17, 15) is 9.90 Å². The molecule has 0 aromatic heterocycles. The molecule has 0 atom stereocenters. The van der Waals surface area contributed by atoms with Gasteiger partial charge in [0.25, 0.3) is 0 Å². The van der Waals surface area contributed by atoms with Crippen molar-refractivity contribution >= 4 is 11.9 Å². The third-order valence-corrected chi connectivity index (χ3v) is 4.88. The van der Waals surface area contributed by atoms with Crippen LogP contribution in [0, 0.1) is 0 Å². The highest BCUT2D eigenvalue weighted by Crippen LogP contribution is 2.38. The summed E-state index contributed by atoms with van der Waals surface area (Å²) in [6, 6.07) is 13.1. The van der Waals surface area contributed by atoms with Crippen LogP contribution in [0.1, 0.15) is 21.5 Å². The zero-order valence-electron chi connectivity index (χ0n) is 15.0. The molecular formula is C22H22NO4+. The molecule has 2 aromatic carbocycles. The number of fused-ring (bicyclic) bond motifs is 1. The third-order valence-electron chi connectivity index (χ3n) is 4.88. The Morgan fingerprint density at radius 1 is 1.07 bits per heavy atom. The van der Waals surface area contributed by atoms with E-state index in [0.717, 1.165) is 18.7 Å². The van der Waals surface area contributed by atoms with Gasteiger partial charge in [0.15, 0.2) is 11.5 Å². The van der Waals surface area contributed by atoms with Crippen molar-refractivity contribution in [1.29, 1.82) is 0 Å². The highest BCUT2D eigenvalue weighted by atomic mass is 16.5. The van der Waals surface area contributed by atoms with Crippen LogP contribution in [-0.2, 0) is 11.3 Å². The maximum absolute atomic E-state index is 12.7. The molecule has 0 aliphatic carbocycles. The Balaban J connectivity index is 1.56. The number of hydrogen-bond acceptors (Lipinski definition) is 4. The summed E-state index contributed by atoms with van der Waals surface area (Å²) in [4.78, 5) is 14.0. The lowest BCUT2D eigenvalue weighted by atomic mass is 10.0. The van der Waals surface area contributed by atoms with Crippen molar-refractivity contribution in [1.82, 2.24) is 0 Å². The van der Waals surface area contributed by atoms with E-state index >= 15 is 0 Å². The van der Waals surface area contributed by atoms with Crippen LogP contribution in [0.5, 0.6) is 11.5 Å². The molecule has 2 aliphatic heterocycles. The Labute approximate surface area is 158 Å². The number of morpholine rings is 1. The number of benzene rings is 2. The molecule has 1 fully saturated rings. The maximum atomic E-state index is 12.7. The van der Waals surface area contributed by atoms with Crippen molar-refractivity contribution in [2.24, 2.45) is 0 Å². The molecule has 138 valence electrons. The Morgan fingerprint density at radius 3 is 2.63 bits per heavy atom. The fraction of sp³-hybridized carbons (Fsp3) is 0.227. The normalized spacial score (nSPS) is 18.8. The molecule has 2 heterocycles. The topological polar surface area (TPSA) is 60.2 Å². The molecule has 0 amide bonds. The molecule has 2 N–H and O–H groups in total. The minimum Gasteiger partial charge on any atom is -0.507 e. The lowest BCUT2D eigenvalue weighted by Crippen LogP contribution is -3.12. The summed E-state index contributed by atoms with van der Waals surface area (Å²) in [6.45, 7) is 3.78. The summed E-state index contributed by atoms with van der Waals surface area (Å²) < 4.78 is 11.3. The summed E-state index contributed by atoms with van der Waals surface area (Å²) >= 11 is 0. The summed E-state index contributed by atoms with van der Waals surface area (Å²) in [5.41, 5.74) is 2.24. The molecule has 2 aliphatic rings. The van der Waals surface area contributed by atoms with E-state index in [-0.39, 0.29) is 17.3 Å². The Hall–Kier alpha value is -2.89. The van der Waals surface area contributed by atoms with Gasteiger partial charge in [-0.2, -0.15) is 0 Å². The van der Waals surface area contributed by atoms with E-state index in [1.807, 2.05) is 36.4 Å². The van der Waals surface area contributed by atoms with Gasteiger partial charge in [0.05, 0.1) is 24.3 Å². The van der Waals surface area contributed by atoms with Gasteiger partial charge in [0, 0.05) is 0 Å². The van der Waals surface area contributed by atoms with Crippen LogP contribution < -0.4 is 9.64 Å². The number of hydrogen-bond donors (Lipinski definition) is 2. The van der Waals surface area contributed by atoms with Crippen LogP contribution in [0.15, 0.2) is 60.4 Å². The number of phenols is 1. The van der Waals surface area contributed by atoms with E-state index < -0.39 is 0 Å². The van der Waals surface area contributed by atoms with Gasteiger partial charge in [0.1, 0.15) is 25.4 Å². The number of ether oxygens (including phenoxy) is 2. The van der Waals surface area contributed by atoms with Crippen LogP contribution in [0.2, 0.25) is 0 Å². The summed E-state index contributed by atoms with van der Waals surface area (Å²) in [6.07, 6.45) is 5.40. The van der Waals surface area contributed by atoms with Gasteiger partial charge in [-0.05, 0) is 23.8 Å². The Bertz CT molecular complexity index is 896. The fourth-order valence-corrected chi connectivity index (χ4v) is 3.38. The first-order valence-corrected chi connectivity index (χ1v) is 9.14. The van der Waals surface area contributed by atoms with Gasteiger partial charge in [-0.25, -0.2) is 0 Å². The molecule has 0 bridgehead atoms. The van der Waals surface area contributed by atoms with Crippen LogP contribution in [0.25, 0.3) is 6.08 Å². The number of carbonyl (C=O) groups is 1. The Morgan fingerprint density at radius 2 is 1.85 bits per heavy atom. The lowest BCUT2D eigenvalue weighted by Gasteiger charge is -2.24. The van der Waals surface area contributed by atoms with Gasteiger partial charge in [-0.3, -0.25) is 4.79 Å². The van der Waals surface area contributed by atoms with Crippen molar-refractivity contribution < 1.29 is 24.3 Å². The van der Waals surface area contributed by atoms with E-state index in [1.54, 1.807) is 24.3 Å². The first-order chi connectivity index (χ1) is 13.2. The van der Waals surface area contributed by atoms with Crippen molar-refractivity contribution in [3.05, 3.63) is 77.1 Å². The van der Waals surface area contributed by atoms with Crippen LogP contribution in [-0.4, -0.2) is 37.2 Å². The molecule has 0 radical (unpaired) electrons. The molecule has 1 saturated heterocycles. The summed E-state index contributed by atoms with van der Waals surface area (Å²) in [5.74, 6) is 0.780. The predicted octanol–water partition coefficient (Wildman–Crippen LogP) is 1.98.